The van der Waals surface area contributed by atoms with E-state index in [4.69, 9.17) is 0 Å². The van der Waals surface area contributed by atoms with E-state index in [9.17, 15) is 4.79 Å². The number of aryl methyl sites for hydroxylation is 1. The predicted octanol–water partition coefficient (Wildman–Crippen LogP) is 1.50. The van der Waals surface area contributed by atoms with Crippen LogP contribution in [0.2, 0.25) is 0 Å². The van der Waals surface area contributed by atoms with Crippen LogP contribution in [0.5, 0.6) is 0 Å². The van der Waals surface area contributed by atoms with Gasteiger partial charge in [-0.3, -0.25) is 19.1 Å². The third kappa shape index (κ3) is 3.19. The molecule has 1 fully saturated rings. The van der Waals surface area contributed by atoms with E-state index in [0.29, 0.717) is 11.9 Å². The van der Waals surface area contributed by atoms with Crippen molar-refractivity contribution in [2.75, 3.05) is 18.4 Å². The van der Waals surface area contributed by atoms with Gasteiger partial charge in [0.2, 0.25) is 5.91 Å². The van der Waals surface area contributed by atoms with Crippen molar-refractivity contribution in [2.24, 2.45) is 0 Å². The first kappa shape index (κ1) is 14.8. The van der Waals surface area contributed by atoms with Crippen molar-refractivity contribution in [1.82, 2.24) is 24.5 Å². The molecule has 1 saturated heterocycles. The van der Waals surface area contributed by atoms with E-state index in [2.05, 4.69) is 33.4 Å². The summed E-state index contributed by atoms with van der Waals surface area (Å²) in [5, 5.41) is 11.5. The Hall–Kier alpha value is -2.15. The Bertz CT molecular complexity index is 646. The van der Waals surface area contributed by atoms with Crippen molar-refractivity contribution in [3.8, 4) is 0 Å². The fourth-order valence-electron chi connectivity index (χ4n) is 2.97. The third-order valence-electron chi connectivity index (χ3n) is 4.02. The molecule has 22 heavy (non-hydrogen) atoms. The van der Waals surface area contributed by atoms with Gasteiger partial charge in [0.25, 0.3) is 0 Å². The van der Waals surface area contributed by atoms with Crippen molar-refractivity contribution in [2.45, 2.75) is 39.4 Å². The Morgan fingerprint density at radius 3 is 3.09 bits per heavy atom. The van der Waals surface area contributed by atoms with Gasteiger partial charge in [-0.15, -0.1) is 0 Å². The van der Waals surface area contributed by atoms with Crippen LogP contribution in [0.3, 0.4) is 0 Å². The van der Waals surface area contributed by atoms with Gasteiger partial charge in [-0.25, -0.2) is 0 Å². The third-order valence-corrected chi connectivity index (χ3v) is 4.02. The fourth-order valence-corrected chi connectivity index (χ4v) is 2.97. The largest absolute Gasteiger partial charge is 0.309 e. The highest BCUT2D eigenvalue weighted by molar-refractivity contribution is 5.87. The van der Waals surface area contributed by atoms with Crippen LogP contribution in [0.1, 0.15) is 32.0 Å². The summed E-state index contributed by atoms with van der Waals surface area (Å²) in [6, 6.07) is 4.29. The molecule has 0 radical (unpaired) electrons. The first-order chi connectivity index (χ1) is 10.7. The number of anilines is 1. The van der Waals surface area contributed by atoms with Gasteiger partial charge >= 0.3 is 0 Å². The Morgan fingerprint density at radius 1 is 1.45 bits per heavy atom. The average Bonchev–Trinajstić information content (AvgIpc) is 3.18. The summed E-state index contributed by atoms with van der Waals surface area (Å²) < 4.78 is 4.00. The molecule has 1 unspecified atom stereocenters. The molecule has 0 bridgehead atoms. The summed E-state index contributed by atoms with van der Waals surface area (Å²) >= 11 is 0. The lowest BCUT2D eigenvalue weighted by molar-refractivity contribution is -0.114. The minimum absolute atomic E-state index is 0.0915. The number of nitrogens with zero attached hydrogens (tertiary/aromatic N) is 5. The number of hydrogen-bond donors (Lipinski definition) is 1. The molecular formula is C15H22N6O. The Labute approximate surface area is 129 Å². The van der Waals surface area contributed by atoms with Gasteiger partial charge in [0.1, 0.15) is 0 Å². The second-order valence-electron chi connectivity index (χ2n) is 5.68. The van der Waals surface area contributed by atoms with E-state index in [-0.39, 0.29) is 5.91 Å². The topological polar surface area (TPSA) is 68.0 Å². The molecule has 7 nitrogen and oxygen atoms in total. The number of nitrogens with one attached hydrogen (secondary N) is 1. The number of aromatic nitrogens is 4. The summed E-state index contributed by atoms with van der Waals surface area (Å²) in [6.07, 6.45) is 4.87. The summed E-state index contributed by atoms with van der Waals surface area (Å²) in [5.74, 6) is 0.529. The summed E-state index contributed by atoms with van der Waals surface area (Å²) in [6.45, 7) is 7.44. The second-order valence-corrected chi connectivity index (χ2v) is 5.68. The molecule has 0 aromatic carbocycles. The number of carbonyl (C=O) groups excluding carboxylic acids is 1. The molecule has 1 amide bonds. The van der Waals surface area contributed by atoms with Gasteiger partial charge in [0, 0.05) is 51.6 Å². The first-order valence-corrected chi connectivity index (χ1v) is 7.71. The van der Waals surface area contributed by atoms with E-state index in [1.54, 1.807) is 0 Å². The molecule has 3 rings (SSSR count). The van der Waals surface area contributed by atoms with Crippen molar-refractivity contribution >= 4 is 11.7 Å². The van der Waals surface area contributed by atoms with Gasteiger partial charge < -0.3 is 5.32 Å². The Morgan fingerprint density at radius 2 is 2.32 bits per heavy atom. The molecule has 1 atom stereocenters. The first-order valence-electron chi connectivity index (χ1n) is 7.71. The maximum atomic E-state index is 11.1. The van der Waals surface area contributed by atoms with Crippen LogP contribution in [0.25, 0.3) is 0 Å². The molecule has 0 aliphatic carbocycles. The zero-order valence-corrected chi connectivity index (χ0v) is 13.1. The highest BCUT2D eigenvalue weighted by Crippen LogP contribution is 2.23. The zero-order valence-electron chi connectivity index (χ0n) is 13.1. The van der Waals surface area contributed by atoms with E-state index in [1.165, 1.54) is 12.6 Å². The minimum Gasteiger partial charge on any atom is -0.309 e. The van der Waals surface area contributed by atoms with Crippen LogP contribution in [-0.2, 0) is 17.9 Å². The monoisotopic (exact) mass is 302 g/mol. The lowest BCUT2D eigenvalue weighted by Crippen LogP contribution is -2.23. The summed E-state index contributed by atoms with van der Waals surface area (Å²) in [5.41, 5.74) is 1.25. The van der Waals surface area contributed by atoms with Gasteiger partial charge in [-0.1, -0.05) is 0 Å². The maximum Gasteiger partial charge on any atom is 0.222 e. The molecular weight excluding hydrogens is 280 g/mol. The van der Waals surface area contributed by atoms with E-state index in [0.717, 1.165) is 32.6 Å². The van der Waals surface area contributed by atoms with Crippen LogP contribution in [0.4, 0.5) is 5.82 Å². The Balaban J connectivity index is 1.60. The van der Waals surface area contributed by atoms with Crippen LogP contribution in [0.15, 0.2) is 24.5 Å². The minimum atomic E-state index is -0.0915. The van der Waals surface area contributed by atoms with Crippen molar-refractivity contribution in [1.29, 1.82) is 0 Å². The molecule has 7 heteroatoms. The quantitative estimate of drug-likeness (QED) is 0.909. The zero-order chi connectivity index (χ0) is 15.5. The van der Waals surface area contributed by atoms with Crippen LogP contribution < -0.4 is 5.32 Å². The van der Waals surface area contributed by atoms with E-state index in [1.807, 2.05) is 27.8 Å². The maximum absolute atomic E-state index is 11.1. The highest BCUT2D eigenvalue weighted by Gasteiger charge is 2.25. The van der Waals surface area contributed by atoms with Crippen LogP contribution in [0, 0.1) is 0 Å². The number of carbonyl (C=O) groups is 1. The molecule has 0 spiro atoms. The average molecular weight is 302 g/mol. The van der Waals surface area contributed by atoms with E-state index < -0.39 is 0 Å². The van der Waals surface area contributed by atoms with Crippen molar-refractivity contribution < 1.29 is 4.79 Å². The van der Waals surface area contributed by atoms with Gasteiger partial charge in [0.15, 0.2) is 5.82 Å². The van der Waals surface area contributed by atoms with Crippen molar-refractivity contribution in [3.63, 3.8) is 0 Å². The smallest absolute Gasteiger partial charge is 0.222 e. The lowest BCUT2D eigenvalue weighted by atomic mass is 10.3. The highest BCUT2D eigenvalue weighted by atomic mass is 16.1. The molecule has 0 saturated carbocycles. The molecule has 1 aliphatic heterocycles. The number of amides is 1. The molecule has 118 valence electrons. The molecule has 1 aliphatic rings. The molecule has 2 aromatic rings. The Kier molecular flexibility index (Phi) is 4.24. The van der Waals surface area contributed by atoms with Crippen LogP contribution in [-0.4, -0.2) is 43.5 Å². The van der Waals surface area contributed by atoms with Crippen molar-refractivity contribution in [3.05, 3.63) is 30.2 Å². The van der Waals surface area contributed by atoms with Gasteiger partial charge in [0.05, 0.1) is 11.7 Å². The van der Waals surface area contributed by atoms with Gasteiger partial charge in [-0.2, -0.15) is 10.2 Å². The van der Waals surface area contributed by atoms with E-state index >= 15 is 0 Å². The van der Waals surface area contributed by atoms with Crippen LogP contribution >= 0.6 is 0 Å². The summed E-state index contributed by atoms with van der Waals surface area (Å²) in [4.78, 5) is 13.5. The van der Waals surface area contributed by atoms with Gasteiger partial charge in [-0.05, 0) is 19.4 Å². The fraction of sp³-hybridized carbons (Fsp3) is 0.533. The molecule has 2 aromatic heterocycles. The lowest BCUT2D eigenvalue weighted by Gasteiger charge is -2.16. The normalized spacial score (nSPS) is 18.7. The summed E-state index contributed by atoms with van der Waals surface area (Å²) in [7, 11) is 0. The number of likely N-dealkylation sites (tertiary alicyclic amines) is 1. The SMILES string of the molecule is CCn1nccc1CN1CCC(n2ccc(NC(C)=O)n2)C1. The molecule has 3 heterocycles. The number of hydrogen-bond acceptors (Lipinski definition) is 4. The standard InChI is InChI=1S/C15H22N6O/c1-3-20-13(4-7-16-20)10-19-8-5-14(11-19)21-9-6-15(18-21)17-12(2)22/h4,6-7,9,14H,3,5,8,10-11H2,1-2H3,(H,17,18,22). The molecule has 1 N–H and O–H groups in total. The number of rotatable bonds is 5. The predicted molar refractivity (Wildman–Crippen MR) is 83.4 cm³/mol. The second kappa shape index (κ2) is 6.31.